The molecule has 0 unspecified atom stereocenters. The number of thiazole rings is 1. The van der Waals surface area contributed by atoms with E-state index in [1.165, 1.54) is 36.4 Å². The van der Waals surface area contributed by atoms with Gasteiger partial charge in [0, 0.05) is 22.8 Å². The van der Waals surface area contributed by atoms with Gasteiger partial charge in [-0.25, -0.2) is 4.98 Å². The van der Waals surface area contributed by atoms with Gasteiger partial charge in [0.15, 0.2) is 0 Å². The molecule has 0 aromatic carbocycles. The normalized spacial score (nSPS) is 20.7. The monoisotopic (exact) mass is 266 g/mol. The predicted octanol–water partition coefficient (Wildman–Crippen LogP) is 4.03. The van der Waals surface area contributed by atoms with E-state index in [1.807, 2.05) is 0 Å². The van der Waals surface area contributed by atoms with Crippen molar-refractivity contribution in [2.45, 2.75) is 76.7 Å². The molecule has 1 aromatic heterocycles. The maximum atomic E-state index is 6.58. The number of hydrogen-bond donors (Lipinski definition) is 1. The summed E-state index contributed by atoms with van der Waals surface area (Å²) >= 11 is 1.78. The van der Waals surface area contributed by atoms with Crippen LogP contribution in [0.3, 0.4) is 0 Å². The average molecular weight is 266 g/mol. The molecule has 1 aromatic rings. The minimum Gasteiger partial charge on any atom is -0.325 e. The summed E-state index contributed by atoms with van der Waals surface area (Å²) in [5.41, 5.74) is 7.94. The first kappa shape index (κ1) is 14.0. The van der Waals surface area contributed by atoms with E-state index in [9.17, 15) is 0 Å². The van der Waals surface area contributed by atoms with Gasteiger partial charge in [0.05, 0.1) is 10.7 Å². The largest absolute Gasteiger partial charge is 0.325 e. The van der Waals surface area contributed by atoms with E-state index >= 15 is 0 Å². The Morgan fingerprint density at radius 2 is 1.83 bits per heavy atom. The highest BCUT2D eigenvalue weighted by atomic mass is 32.1. The molecule has 1 aliphatic rings. The van der Waals surface area contributed by atoms with Gasteiger partial charge in [0.25, 0.3) is 0 Å². The Morgan fingerprint density at radius 3 is 2.33 bits per heavy atom. The van der Waals surface area contributed by atoms with Crippen LogP contribution in [0.15, 0.2) is 5.38 Å². The van der Waals surface area contributed by atoms with E-state index in [2.05, 4.69) is 26.2 Å². The second-order valence-corrected chi connectivity index (χ2v) is 7.77. The third-order valence-electron chi connectivity index (χ3n) is 3.92. The Hall–Kier alpha value is -0.410. The summed E-state index contributed by atoms with van der Waals surface area (Å²) in [6, 6.07) is 0. The Morgan fingerprint density at radius 1 is 1.22 bits per heavy atom. The molecule has 0 aliphatic heterocycles. The van der Waals surface area contributed by atoms with Crippen LogP contribution in [0.25, 0.3) is 0 Å². The molecule has 1 saturated carbocycles. The number of nitrogens with zero attached hydrogens (tertiary/aromatic N) is 1. The summed E-state index contributed by atoms with van der Waals surface area (Å²) < 4.78 is 0. The Bertz CT molecular complexity index is 381. The molecule has 1 heterocycles. The molecule has 2 N–H and O–H groups in total. The lowest BCUT2D eigenvalue weighted by molar-refractivity contribution is 0.368. The lowest BCUT2D eigenvalue weighted by atomic mass is 9.88. The predicted molar refractivity (Wildman–Crippen MR) is 79.1 cm³/mol. The van der Waals surface area contributed by atoms with E-state index in [-0.39, 0.29) is 11.0 Å². The van der Waals surface area contributed by atoms with Crippen molar-refractivity contribution in [2.24, 2.45) is 5.73 Å². The minimum atomic E-state index is 0.00348. The number of nitrogens with two attached hydrogens (primary N) is 1. The molecule has 3 heteroatoms. The lowest BCUT2D eigenvalue weighted by Gasteiger charge is -2.27. The van der Waals surface area contributed by atoms with Crippen LogP contribution in [0.2, 0.25) is 0 Å². The van der Waals surface area contributed by atoms with Crippen LogP contribution < -0.4 is 5.73 Å². The minimum absolute atomic E-state index is 0.00348. The van der Waals surface area contributed by atoms with Gasteiger partial charge in [-0.2, -0.15) is 0 Å². The van der Waals surface area contributed by atoms with E-state index in [0.29, 0.717) is 0 Å². The van der Waals surface area contributed by atoms with Crippen LogP contribution in [0, 0.1) is 0 Å². The highest BCUT2D eigenvalue weighted by Gasteiger charge is 2.28. The maximum Gasteiger partial charge on any atom is 0.0946 e. The number of rotatable bonds is 2. The van der Waals surface area contributed by atoms with Crippen molar-refractivity contribution >= 4 is 11.3 Å². The molecule has 0 atom stereocenters. The topological polar surface area (TPSA) is 38.9 Å². The highest BCUT2D eigenvalue weighted by molar-refractivity contribution is 7.09. The third kappa shape index (κ3) is 3.55. The molecule has 18 heavy (non-hydrogen) atoms. The fraction of sp³-hybridized carbons (Fsp3) is 0.800. The summed E-state index contributed by atoms with van der Waals surface area (Å²) in [5, 5.41) is 3.43. The van der Waals surface area contributed by atoms with Crippen LogP contribution in [-0.2, 0) is 11.8 Å². The van der Waals surface area contributed by atoms with Crippen molar-refractivity contribution in [3.63, 3.8) is 0 Å². The fourth-order valence-corrected chi connectivity index (χ4v) is 3.82. The first-order valence-corrected chi connectivity index (χ1v) is 8.01. The zero-order chi connectivity index (χ0) is 13.2. The van der Waals surface area contributed by atoms with E-state index in [0.717, 1.165) is 19.3 Å². The van der Waals surface area contributed by atoms with Gasteiger partial charge in [0.1, 0.15) is 0 Å². The van der Waals surface area contributed by atoms with Crippen molar-refractivity contribution in [2.75, 3.05) is 0 Å². The molecule has 0 spiro atoms. The van der Waals surface area contributed by atoms with E-state index in [4.69, 9.17) is 10.7 Å². The molecule has 2 nitrogen and oxygen atoms in total. The Balaban J connectivity index is 2.06. The van der Waals surface area contributed by atoms with Gasteiger partial charge in [0.2, 0.25) is 0 Å². The first-order chi connectivity index (χ1) is 8.39. The second kappa shape index (κ2) is 5.30. The first-order valence-electron chi connectivity index (χ1n) is 7.13. The van der Waals surface area contributed by atoms with Crippen LogP contribution in [0.4, 0.5) is 0 Å². The Labute approximate surface area is 115 Å². The molecular weight excluding hydrogens is 240 g/mol. The zero-order valence-corrected chi connectivity index (χ0v) is 12.8. The van der Waals surface area contributed by atoms with Gasteiger partial charge < -0.3 is 5.73 Å². The van der Waals surface area contributed by atoms with Gasteiger partial charge >= 0.3 is 0 Å². The van der Waals surface area contributed by atoms with Crippen molar-refractivity contribution in [1.29, 1.82) is 0 Å². The molecule has 0 amide bonds. The van der Waals surface area contributed by atoms with Gasteiger partial charge in [-0.15, -0.1) is 11.3 Å². The molecule has 1 aliphatic carbocycles. The van der Waals surface area contributed by atoms with Crippen LogP contribution in [-0.4, -0.2) is 10.5 Å². The van der Waals surface area contributed by atoms with Crippen LogP contribution in [0.1, 0.15) is 70.0 Å². The average Bonchev–Trinajstić information content (AvgIpc) is 2.61. The smallest absolute Gasteiger partial charge is 0.0946 e. The molecule has 0 radical (unpaired) electrons. The fourth-order valence-electron chi connectivity index (χ4n) is 2.65. The number of aromatic nitrogens is 1. The molecule has 1 fully saturated rings. The Kier molecular flexibility index (Phi) is 4.12. The van der Waals surface area contributed by atoms with Gasteiger partial charge in [-0.05, 0) is 12.8 Å². The molecule has 2 rings (SSSR count). The molecule has 102 valence electrons. The maximum absolute atomic E-state index is 6.58. The highest BCUT2D eigenvalue weighted by Crippen LogP contribution is 2.31. The van der Waals surface area contributed by atoms with Crippen LogP contribution in [0.5, 0.6) is 0 Å². The van der Waals surface area contributed by atoms with E-state index < -0.39 is 0 Å². The quantitative estimate of drug-likeness (QED) is 0.821. The van der Waals surface area contributed by atoms with Crippen molar-refractivity contribution < 1.29 is 0 Å². The SMILES string of the molecule is CC(C)(C)c1csc(CC2(N)CCCCCC2)n1. The van der Waals surface area contributed by atoms with Crippen LogP contribution >= 0.6 is 11.3 Å². The third-order valence-corrected chi connectivity index (χ3v) is 4.77. The zero-order valence-electron chi connectivity index (χ0n) is 12.0. The van der Waals surface area contributed by atoms with Gasteiger partial charge in [-0.3, -0.25) is 0 Å². The lowest BCUT2D eigenvalue weighted by Crippen LogP contribution is -2.41. The summed E-state index contributed by atoms with van der Waals surface area (Å²) in [6.07, 6.45) is 8.57. The second-order valence-electron chi connectivity index (χ2n) is 6.83. The summed E-state index contributed by atoms with van der Waals surface area (Å²) in [7, 11) is 0. The van der Waals surface area contributed by atoms with Gasteiger partial charge in [-0.1, -0.05) is 46.5 Å². The summed E-state index contributed by atoms with van der Waals surface area (Å²) in [4.78, 5) is 4.79. The standard InChI is InChI=1S/C15H26N2S/c1-14(2,3)12-11-18-13(17-12)10-15(16)8-6-4-5-7-9-15/h11H,4-10,16H2,1-3H3. The summed E-state index contributed by atoms with van der Waals surface area (Å²) in [5.74, 6) is 0. The van der Waals surface area contributed by atoms with Crippen molar-refractivity contribution in [3.8, 4) is 0 Å². The van der Waals surface area contributed by atoms with E-state index in [1.54, 1.807) is 11.3 Å². The molecule has 0 bridgehead atoms. The van der Waals surface area contributed by atoms with Crippen molar-refractivity contribution in [3.05, 3.63) is 16.1 Å². The van der Waals surface area contributed by atoms with Crippen molar-refractivity contribution in [1.82, 2.24) is 4.98 Å². The molecular formula is C15H26N2S. The molecule has 0 saturated heterocycles. The summed E-state index contributed by atoms with van der Waals surface area (Å²) in [6.45, 7) is 6.65. The number of hydrogen-bond acceptors (Lipinski definition) is 3.